The number of hydrogen-bond acceptors (Lipinski definition) is 4. The van der Waals surface area contributed by atoms with E-state index in [1.807, 2.05) is 37.3 Å². The van der Waals surface area contributed by atoms with Crippen molar-refractivity contribution in [3.05, 3.63) is 66.2 Å². The third-order valence-electron chi connectivity index (χ3n) is 4.32. The largest absolute Gasteiger partial charge is 0.465 e. The minimum atomic E-state index is -3.80. The van der Waals surface area contributed by atoms with Crippen LogP contribution in [0.25, 0.3) is 0 Å². The van der Waals surface area contributed by atoms with E-state index in [0.717, 1.165) is 5.56 Å². The molecule has 8 heteroatoms. The molecule has 0 heterocycles. The van der Waals surface area contributed by atoms with E-state index in [9.17, 15) is 18.3 Å². The summed E-state index contributed by atoms with van der Waals surface area (Å²) in [6.07, 6.45) is -1.66. The van der Waals surface area contributed by atoms with Crippen molar-refractivity contribution in [1.29, 1.82) is 0 Å². The summed E-state index contributed by atoms with van der Waals surface area (Å²) < 4.78 is 27.1. The zero-order chi connectivity index (χ0) is 20.6. The average Bonchev–Trinajstić information content (AvgIpc) is 2.68. The highest BCUT2D eigenvalue weighted by Crippen LogP contribution is 2.17. The van der Waals surface area contributed by atoms with Crippen molar-refractivity contribution in [3.63, 3.8) is 0 Å². The highest BCUT2D eigenvalue weighted by atomic mass is 32.2. The van der Waals surface area contributed by atoms with Gasteiger partial charge in [-0.15, -0.1) is 0 Å². The third kappa shape index (κ3) is 6.05. The maximum absolute atomic E-state index is 12.9. The quantitative estimate of drug-likeness (QED) is 0.561. The predicted octanol–water partition coefficient (Wildman–Crippen LogP) is 2.33. The molecule has 1 unspecified atom stereocenters. The summed E-state index contributed by atoms with van der Waals surface area (Å²) in [5, 5.41) is 22.1. The minimum Gasteiger partial charge on any atom is -0.465 e. The van der Waals surface area contributed by atoms with Crippen molar-refractivity contribution in [1.82, 2.24) is 9.62 Å². The van der Waals surface area contributed by atoms with Crippen LogP contribution in [0, 0.1) is 0 Å². The number of aliphatic hydroxyl groups is 1. The molecule has 0 spiro atoms. The number of benzene rings is 2. The second-order valence-electron chi connectivity index (χ2n) is 6.49. The normalized spacial score (nSPS) is 13.8. The maximum atomic E-state index is 12.9. The summed E-state index contributed by atoms with van der Waals surface area (Å²) in [6.45, 7) is 1.86. The summed E-state index contributed by atoms with van der Waals surface area (Å²) in [5.74, 6) is 0. The molecule has 0 radical (unpaired) electrons. The number of hydrogen-bond donors (Lipinski definition) is 3. The third-order valence-corrected chi connectivity index (χ3v) is 6.20. The van der Waals surface area contributed by atoms with Crippen molar-refractivity contribution in [2.24, 2.45) is 0 Å². The molecule has 0 aliphatic heterocycles. The van der Waals surface area contributed by atoms with Crippen LogP contribution >= 0.6 is 0 Å². The van der Waals surface area contributed by atoms with Crippen LogP contribution in [0.2, 0.25) is 0 Å². The number of rotatable bonds is 10. The smallest absolute Gasteiger partial charge is 0.404 e. The Morgan fingerprint density at radius 1 is 1.07 bits per heavy atom. The highest BCUT2D eigenvalue weighted by Gasteiger charge is 2.30. The van der Waals surface area contributed by atoms with Crippen LogP contribution in [0.1, 0.15) is 18.9 Å². The first kappa shape index (κ1) is 21.9. The number of aliphatic hydroxyl groups excluding tert-OH is 1. The van der Waals surface area contributed by atoms with Crippen LogP contribution in [-0.4, -0.2) is 54.3 Å². The Morgan fingerprint density at radius 2 is 1.64 bits per heavy atom. The fraction of sp³-hybridized carbons (Fsp3) is 0.350. The Balaban J connectivity index is 2.21. The lowest BCUT2D eigenvalue weighted by molar-refractivity contribution is 0.100. The summed E-state index contributed by atoms with van der Waals surface area (Å²) in [5.41, 5.74) is 0.841. The number of carboxylic acid groups (broad SMARTS) is 1. The Hall–Kier alpha value is -2.42. The molecule has 0 fully saturated rings. The molecule has 2 aromatic rings. The van der Waals surface area contributed by atoms with Gasteiger partial charge in [-0.05, 0) is 30.5 Å². The lowest BCUT2D eigenvalue weighted by atomic mass is 10.0. The minimum absolute atomic E-state index is 0.140. The van der Waals surface area contributed by atoms with E-state index in [-0.39, 0.29) is 24.4 Å². The predicted molar refractivity (Wildman–Crippen MR) is 107 cm³/mol. The molecule has 1 amide bonds. The molecule has 2 aromatic carbocycles. The van der Waals surface area contributed by atoms with Gasteiger partial charge in [0.2, 0.25) is 10.0 Å². The topological polar surface area (TPSA) is 107 Å². The fourth-order valence-electron chi connectivity index (χ4n) is 2.95. The van der Waals surface area contributed by atoms with Crippen molar-refractivity contribution in [2.75, 3.05) is 13.1 Å². The number of sulfonamides is 1. The second-order valence-corrected chi connectivity index (χ2v) is 8.43. The van der Waals surface area contributed by atoms with Crippen molar-refractivity contribution in [2.45, 2.75) is 36.8 Å². The van der Waals surface area contributed by atoms with Crippen molar-refractivity contribution < 1.29 is 23.4 Å². The first-order chi connectivity index (χ1) is 13.3. The van der Waals surface area contributed by atoms with Gasteiger partial charge in [0.25, 0.3) is 0 Å². The van der Waals surface area contributed by atoms with E-state index in [2.05, 4.69) is 5.32 Å². The molecule has 0 aliphatic rings. The summed E-state index contributed by atoms with van der Waals surface area (Å²) in [4.78, 5) is 11.3. The molecule has 0 aliphatic carbocycles. The Bertz CT molecular complexity index is 843. The summed E-state index contributed by atoms with van der Waals surface area (Å²) in [7, 11) is -3.80. The van der Waals surface area contributed by atoms with Gasteiger partial charge in [0, 0.05) is 13.1 Å². The van der Waals surface area contributed by atoms with Crippen LogP contribution < -0.4 is 5.32 Å². The summed E-state index contributed by atoms with van der Waals surface area (Å²) >= 11 is 0. The molecular weight excluding hydrogens is 380 g/mol. The van der Waals surface area contributed by atoms with Crippen molar-refractivity contribution in [3.8, 4) is 0 Å². The lowest BCUT2D eigenvalue weighted by Gasteiger charge is -2.29. The maximum Gasteiger partial charge on any atom is 0.404 e. The van der Waals surface area contributed by atoms with E-state index in [0.29, 0.717) is 6.42 Å². The van der Waals surface area contributed by atoms with Gasteiger partial charge in [0.1, 0.15) is 0 Å². The number of amides is 1. The van der Waals surface area contributed by atoms with Crippen LogP contribution in [0.4, 0.5) is 4.79 Å². The molecule has 2 atom stereocenters. The van der Waals surface area contributed by atoms with Gasteiger partial charge in [-0.3, -0.25) is 0 Å². The van der Waals surface area contributed by atoms with Gasteiger partial charge in [0.05, 0.1) is 17.0 Å². The molecule has 152 valence electrons. The van der Waals surface area contributed by atoms with E-state index >= 15 is 0 Å². The second kappa shape index (κ2) is 10.2. The monoisotopic (exact) mass is 406 g/mol. The highest BCUT2D eigenvalue weighted by molar-refractivity contribution is 7.89. The van der Waals surface area contributed by atoms with Crippen LogP contribution in [0.3, 0.4) is 0 Å². The fourth-order valence-corrected chi connectivity index (χ4v) is 4.52. The molecule has 28 heavy (non-hydrogen) atoms. The van der Waals surface area contributed by atoms with E-state index in [1.54, 1.807) is 18.2 Å². The van der Waals surface area contributed by atoms with Gasteiger partial charge >= 0.3 is 6.09 Å². The zero-order valence-corrected chi connectivity index (χ0v) is 16.5. The molecule has 0 saturated heterocycles. The molecule has 2 rings (SSSR count). The van der Waals surface area contributed by atoms with Gasteiger partial charge in [-0.2, -0.15) is 4.31 Å². The van der Waals surface area contributed by atoms with Crippen LogP contribution in [-0.2, 0) is 16.4 Å². The van der Waals surface area contributed by atoms with Crippen LogP contribution in [0.5, 0.6) is 0 Å². The van der Waals surface area contributed by atoms with E-state index < -0.39 is 28.3 Å². The number of nitrogens with zero attached hydrogens (tertiary/aromatic N) is 1. The summed E-state index contributed by atoms with van der Waals surface area (Å²) in [6, 6.07) is 16.3. The zero-order valence-electron chi connectivity index (χ0n) is 15.7. The number of carbonyl (C=O) groups is 1. The standard InChI is InChI=1S/C20H26N2O5S/c1-2-13-22(28(26,27)17-11-7-4-8-12-17)15-19(23)18(21-20(24)25)14-16-9-5-3-6-10-16/h3-12,18-19,21,23H,2,13-15H2,1H3,(H,24,25)/t18?,19-/m1/s1. The van der Waals surface area contributed by atoms with Gasteiger partial charge in [-0.1, -0.05) is 55.5 Å². The molecule has 0 bridgehead atoms. The SMILES string of the molecule is CCCN(C[C@@H](O)C(Cc1ccccc1)NC(=O)O)S(=O)(=O)c1ccccc1. The first-order valence-electron chi connectivity index (χ1n) is 9.11. The number of nitrogens with one attached hydrogen (secondary N) is 1. The Kier molecular flexibility index (Phi) is 7.98. The van der Waals surface area contributed by atoms with Crippen LogP contribution in [0.15, 0.2) is 65.6 Å². The molecular formula is C20H26N2O5S. The van der Waals surface area contributed by atoms with Gasteiger partial charge in [0.15, 0.2) is 0 Å². The molecule has 0 aromatic heterocycles. The first-order valence-corrected chi connectivity index (χ1v) is 10.5. The van der Waals surface area contributed by atoms with E-state index in [1.165, 1.54) is 16.4 Å². The molecule has 0 saturated carbocycles. The van der Waals surface area contributed by atoms with E-state index in [4.69, 9.17) is 5.11 Å². The average molecular weight is 407 g/mol. The molecule has 7 nitrogen and oxygen atoms in total. The van der Waals surface area contributed by atoms with Gasteiger partial charge in [-0.25, -0.2) is 13.2 Å². The lowest BCUT2D eigenvalue weighted by Crippen LogP contribution is -2.50. The Morgan fingerprint density at radius 3 is 2.18 bits per heavy atom. The molecule has 3 N–H and O–H groups in total. The van der Waals surface area contributed by atoms with Gasteiger partial charge < -0.3 is 15.5 Å². The Labute approximate surface area is 165 Å². The van der Waals surface area contributed by atoms with Crippen molar-refractivity contribution >= 4 is 16.1 Å².